The van der Waals surface area contributed by atoms with Gasteiger partial charge in [0.05, 0.1) is 12.1 Å². The molecule has 0 fully saturated rings. The number of hydrogen-bond donors (Lipinski definition) is 1. The van der Waals surface area contributed by atoms with E-state index < -0.39 is 0 Å². The number of para-hydroxylation sites is 1. The number of hydrogen-bond acceptors (Lipinski definition) is 3. The topological polar surface area (TPSA) is 51.5 Å². The second-order valence-electron chi connectivity index (χ2n) is 3.50. The van der Waals surface area contributed by atoms with Gasteiger partial charge in [0.15, 0.2) is 0 Å². The summed E-state index contributed by atoms with van der Waals surface area (Å²) >= 11 is 0. The van der Waals surface area contributed by atoms with Gasteiger partial charge in [-0.15, -0.1) is 0 Å². The van der Waals surface area contributed by atoms with Crippen LogP contribution in [0, 0.1) is 0 Å². The molecule has 0 bridgehead atoms. The summed E-state index contributed by atoms with van der Waals surface area (Å²) in [6.07, 6.45) is 0. The first-order valence-corrected chi connectivity index (χ1v) is 5.06. The van der Waals surface area contributed by atoms with Gasteiger partial charge < -0.3 is 14.4 Å². The first kappa shape index (κ1) is 10.7. The van der Waals surface area contributed by atoms with Crippen LogP contribution in [0.2, 0.25) is 0 Å². The molecule has 1 heterocycles. The van der Waals surface area contributed by atoms with Crippen molar-refractivity contribution in [3.63, 3.8) is 0 Å². The summed E-state index contributed by atoms with van der Waals surface area (Å²) in [6, 6.07) is 8.96. The predicted molar refractivity (Wildman–Crippen MR) is 61.8 cm³/mol. The van der Waals surface area contributed by atoms with Gasteiger partial charge in [-0.25, -0.2) is 0 Å². The number of aryl methyl sites for hydroxylation is 1. The number of nitrogens with zero attached hydrogens (tertiary/aromatic N) is 1. The molecular weight excluding hydrogens is 206 g/mol. The molecule has 0 aliphatic rings. The molecule has 16 heavy (non-hydrogen) atoms. The maximum absolute atomic E-state index is 11.6. The summed E-state index contributed by atoms with van der Waals surface area (Å²) in [5.74, 6) is 0.521. The molecule has 0 aliphatic heterocycles. The van der Waals surface area contributed by atoms with E-state index in [1.54, 1.807) is 11.6 Å². The van der Waals surface area contributed by atoms with Crippen LogP contribution in [-0.2, 0) is 7.05 Å². The van der Waals surface area contributed by atoms with E-state index >= 15 is 0 Å². The lowest BCUT2D eigenvalue weighted by Gasteiger charge is -2.10. The normalized spacial score (nSPS) is 10.6. The molecule has 2 aromatic rings. The highest BCUT2D eigenvalue weighted by atomic mass is 16.5. The lowest BCUT2D eigenvalue weighted by Crippen LogP contribution is -2.17. The Hall–Kier alpha value is -1.81. The molecule has 2 rings (SSSR count). The van der Waals surface area contributed by atoms with E-state index in [1.165, 1.54) is 6.07 Å². The monoisotopic (exact) mass is 219 g/mol. The van der Waals surface area contributed by atoms with E-state index in [1.807, 2.05) is 24.3 Å². The Morgan fingerprint density at radius 3 is 2.88 bits per heavy atom. The number of ether oxygens (including phenoxy) is 1. The first-order chi connectivity index (χ1) is 7.74. The number of aliphatic hydroxyl groups excluding tert-OH is 1. The molecule has 4 heteroatoms. The molecule has 0 saturated heterocycles. The van der Waals surface area contributed by atoms with Crippen molar-refractivity contribution in [2.24, 2.45) is 7.05 Å². The van der Waals surface area contributed by atoms with Gasteiger partial charge in [-0.05, 0) is 12.1 Å². The third-order valence-corrected chi connectivity index (χ3v) is 2.46. The Kier molecular flexibility index (Phi) is 2.92. The van der Waals surface area contributed by atoms with Crippen molar-refractivity contribution in [3.8, 4) is 5.75 Å². The SMILES string of the molecule is Cn1c(=O)cc(OCCO)c2ccccc21. The summed E-state index contributed by atoms with van der Waals surface area (Å²) in [5.41, 5.74) is 0.703. The predicted octanol–water partition coefficient (Wildman–Crippen LogP) is 0.910. The molecule has 0 radical (unpaired) electrons. The van der Waals surface area contributed by atoms with Gasteiger partial charge in [-0.1, -0.05) is 12.1 Å². The Bertz CT molecular complexity index is 560. The summed E-state index contributed by atoms with van der Waals surface area (Å²) in [4.78, 5) is 11.6. The second kappa shape index (κ2) is 4.37. The molecule has 1 aromatic carbocycles. The minimum absolute atomic E-state index is 0.0659. The fourth-order valence-electron chi connectivity index (χ4n) is 1.65. The fraction of sp³-hybridized carbons (Fsp3) is 0.250. The van der Waals surface area contributed by atoms with Gasteiger partial charge in [-0.2, -0.15) is 0 Å². The van der Waals surface area contributed by atoms with Crippen LogP contribution >= 0.6 is 0 Å². The fourth-order valence-corrected chi connectivity index (χ4v) is 1.65. The Morgan fingerprint density at radius 1 is 1.38 bits per heavy atom. The number of benzene rings is 1. The largest absolute Gasteiger partial charge is 0.490 e. The van der Waals surface area contributed by atoms with E-state index in [-0.39, 0.29) is 18.8 Å². The van der Waals surface area contributed by atoms with E-state index in [4.69, 9.17) is 9.84 Å². The minimum atomic E-state index is -0.119. The number of aliphatic hydroxyl groups is 1. The van der Waals surface area contributed by atoms with Gasteiger partial charge in [-0.3, -0.25) is 4.79 Å². The maximum atomic E-state index is 11.6. The summed E-state index contributed by atoms with van der Waals surface area (Å²) in [5, 5.41) is 9.59. The molecule has 0 aliphatic carbocycles. The minimum Gasteiger partial charge on any atom is -0.490 e. The smallest absolute Gasteiger partial charge is 0.254 e. The van der Waals surface area contributed by atoms with Crippen LogP contribution in [0.3, 0.4) is 0 Å². The third kappa shape index (κ3) is 1.79. The Balaban J connectivity index is 2.65. The molecule has 0 amide bonds. The van der Waals surface area contributed by atoms with Gasteiger partial charge in [0.1, 0.15) is 12.4 Å². The second-order valence-corrected chi connectivity index (χ2v) is 3.50. The van der Waals surface area contributed by atoms with Crippen LogP contribution in [0.25, 0.3) is 10.9 Å². The molecule has 0 atom stereocenters. The van der Waals surface area contributed by atoms with E-state index in [2.05, 4.69) is 0 Å². The van der Waals surface area contributed by atoms with Gasteiger partial charge >= 0.3 is 0 Å². The third-order valence-electron chi connectivity index (χ3n) is 2.46. The maximum Gasteiger partial charge on any atom is 0.254 e. The summed E-state index contributed by atoms with van der Waals surface area (Å²) in [7, 11) is 1.72. The molecule has 1 N–H and O–H groups in total. The van der Waals surface area contributed by atoms with Crippen LogP contribution in [0.1, 0.15) is 0 Å². The number of rotatable bonds is 3. The van der Waals surface area contributed by atoms with Gasteiger partial charge in [0.25, 0.3) is 5.56 Å². The van der Waals surface area contributed by atoms with Crippen molar-refractivity contribution in [3.05, 3.63) is 40.7 Å². The van der Waals surface area contributed by atoms with Crippen LogP contribution in [0.15, 0.2) is 35.1 Å². The zero-order valence-corrected chi connectivity index (χ0v) is 9.01. The number of pyridine rings is 1. The van der Waals surface area contributed by atoms with Crippen molar-refractivity contribution >= 4 is 10.9 Å². The highest BCUT2D eigenvalue weighted by Gasteiger charge is 2.06. The zero-order valence-electron chi connectivity index (χ0n) is 9.01. The van der Waals surface area contributed by atoms with Crippen LogP contribution < -0.4 is 10.3 Å². The van der Waals surface area contributed by atoms with Crippen molar-refractivity contribution in [1.82, 2.24) is 4.57 Å². The summed E-state index contributed by atoms with van der Waals surface area (Å²) < 4.78 is 6.91. The highest BCUT2D eigenvalue weighted by Crippen LogP contribution is 2.22. The van der Waals surface area contributed by atoms with E-state index in [9.17, 15) is 4.79 Å². The first-order valence-electron chi connectivity index (χ1n) is 5.06. The molecule has 0 saturated carbocycles. The Morgan fingerprint density at radius 2 is 2.12 bits per heavy atom. The van der Waals surface area contributed by atoms with Crippen LogP contribution in [0.5, 0.6) is 5.75 Å². The summed E-state index contributed by atoms with van der Waals surface area (Å²) in [6.45, 7) is 0.126. The number of aromatic nitrogens is 1. The zero-order chi connectivity index (χ0) is 11.5. The van der Waals surface area contributed by atoms with Crippen molar-refractivity contribution in [1.29, 1.82) is 0 Å². The molecule has 1 aromatic heterocycles. The van der Waals surface area contributed by atoms with Gasteiger partial charge in [0.2, 0.25) is 0 Å². The van der Waals surface area contributed by atoms with E-state index in [0.717, 1.165) is 10.9 Å². The van der Waals surface area contributed by atoms with E-state index in [0.29, 0.717) is 5.75 Å². The Labute approximate surface area is 92.7 Å². The molecular formula is C12H13NO3. The average molecular weight is 219 g/mol. The average Bonchev–Trinajstić information content (AvgIpc) is 2.32. The van der Waals surface area contributed by atoms with Gasteiger partial charge in [0, 0.05) is 18.5 Å². The standard InChI is InChI=1S/C12H13NO3/c1-13-10-5-3-2-4-9(10)11(8-12(13)15)16-7-6-14/h2-5,8,14H,6-7H2,1H3. The van der Waals surface area contributed by atoms with Crippen molar-refractivity contribution in [2.75, 3.05) is 13.2 Å². The molecule has 4 nitrogen and oxygen atoms in total. The number of fused-ring (bicyclic) bond motifs is 1. The van der Waals surface area contributed by atoms with Crippen LogP contribution in [0.4, 0.5) is 0 Å². The lowest BCUT2D eigenvalue weighted by molar-refractivity contribution is 0.202. The van der Waals surface area contributed by atoms with Crippen LogP contribution in [-0.4, -0.2) is 22.9 Å². The lowest BCUT2D eigenvalue weighted by atomic mass is 10.2. The van der Waals surface area contributed by atoms with Crippen molar-refractivity contribution in [2.45, 2.75) is 0 Å². The highest BCUT2D eigenvalue weighted by molar-refractivity contribution is 5.85. The molecule has 0 spiro atoms. The molecule has 84 valence electrons. The molecule has 0 unspecified atom stereocenters. The quantitative estimate of drug-likeness (QED) is 0.834. The van der Waals surface area contributed by atoms with Crippen molar-refractivity contribution < 1.29 is 9.84 Å².